The van der Waals surface area contributed by atoms with E-state index in [1.165, 1.54) is 95.5 Å². The van der Waals surface area contributed by atoms with Crippen molar-refractivity contribution < 1.29 is 4.74 Å². The lowest BCUT2D eigenvalue weighted by Crippen LogP contribution is -2.14. The Morgan fingerprint density at radius 2 is 1.32 bits per heavy atom. The maximum atomic E-state index is 5.94. The van der Waals surface area contributed by atoms with Crippen LogP contribution in [0.5, 0.6) is 5.75 Å². The molecule has 1 heterocycles. The minimum Gasteiger partial charge on any atom is -0.494 e. The third kappa shape index (κ3) is 9.76. The Balaban J connectivity index is 1.30. The van der Waals surface area contributed by atoms with Crippen LogP contribution in [0, 0.1) is 11.8 Å². The van der Waals surface area contributed by atoms with Gasteiger partial charge in [-0.25, -0.2) is 9.97 Å². The largest absolute Gasteiger partial charge is 0.494 e. The molecule has 1 fully saturated rings. The van der Waals surface area contributed by atoms with Crippen LogP contribution in [0.3, 0.4) is 0 Å². The Kier molecular flexibility index (Phi) is 12.5. The van der Waals surface area contributed by atoms with E-state index < -0.39 is 0 Å². The zero-order chi connectivity index (χ0) is 23.8. The molecule has 0 aliphatic heterocycles. The summed E-state index contributed by atoms with van der Waals surface area (Å²) in [6, 6.07) is 8.25. The SMILES string of the molecule is CCCCCCCCCCCOc1ccc(-c2ncc(CCC3CCC(CC)CC3)cn2)cc1. The lowest BCUT2D eigenvalue weighted by atomic mass is 9.79. The van der Waals surface area contributed by atoms with Gasteiger partial charge in [-0.2, -0.15) is 0 Å². The van der Waals surface area contributed by atoms with Crippen molar-refractivity contribution >= 4 is 0 Å². The van der Waals surface area contributed by atoms with Gasteiger partial charge in [0.25, 0.3) is 0 Å². The van der Waals surface area contributed by atoms with Crippen molar-refractivity contribution in [3.05, 3.63) is 42.2 Å². The van der Waals surface area contributed by atoms with Gasteiger partial charge in [-0.15, -0.1) is 0 Å². The van der Waals surface area contributed by atoms with Crippen molar-refractivity contribution in [1.82, 2.24) is 9.97 Å². The number of hydrogen-bond donors (Lipinski definition) is 0. The van der Waals surface area contributed by atoms with Gasteiger partial charge < -0.3 is 4.74 Å². The summed E-state index contributed by atoms with van der Waals surface area (Å²) in [6.07, 6.45) is 25.5. The van der Waals surface area contributed by atoms with Crippen LogP contribution < -0.4 is 4.74 Å². The lowest BCUT2D eigenvalue weighted by molar-refractivity contribution is 0.258. The molecular formula is C31H48N2O. The van der Waals surface area contributed by atoms with Crippen LogP contribution in [-0.4, -0.2) is 16.6 Å². The first-order valence-electron chi connectivity index (χ1n) is 14.3. The summed E-state index contributed by atoms with van der Waals surface area (Å²) in [5.41, 5.74) is 2.32. The summed E-state index contributed by atoms with van der Waals surface area (Å²) >= 11 is 0. The van der Waals surface area contributed by atoms with Gasteiger partial charge in [0.15, 0.2) is 5.82 Å². The topological polar surface area (TPSA) is 35.0 Å². The van der Waals surface area contributed by atoms with Gasteiger partial charge in [0.1, 0.15) is 5.75 Å². The molecule has 3 rings (SSSR count). The van der Waals surface area contributed by atoms with Crippen LogP contribution in [0.1, 0.15) is 116 Å². The molecule has 34 heavy (non-hydrogen) atoms. The van der Waals surface area contributed by atoms with E-state index in [4.69, 9.17) is 4.74 Å². The fourth-order valence-corrected chi connectivity index (χ4v) is 5.24. The van der Waals surface area contributed by atoms with Crippen molar-refractivity contribution in [1.29, 1.82) is 0 Å². The Hall–Kier alpha value is -1.90. The molecule has 3 nitrogen and oxygen atoms in total. The van der Waals surface area contributed by atoms with Crippen molar-refractivity contribution in [3.8, 4) is 17.1 Å². The molecule has 0 bridgehead atoms. The number of aromatic nitrogens is 2. The summed E-state index contributed by atoms with van der Waals surface area (Å²) < 4.78 is 5.94. The number of rotatable bonds is 16. The van der Waals surface area contributed by atoms with Crippen LogP contribution >= 0.6 is 0 Å². The molecule has 1 aliphatic carbocycles. The highest BCUT2D eigenvalue weighted by Crippen LogP contribution is 2.33. The Bertz CT molecular complexity index is 763. The van der Waals surface area contributed by atoms with E-state index in [-0.39, 0.29) is 0 Å². The predicted molar refractivity (Wildman–Crippen MR) is 144 cm³/mol. The molecule has 0 atom stereocenters. The average Bonchev–Trinajstić information content (AvgIpc) is 2.89. The molecule has 1 aromatic carbocycles. The van der Waals surface area contributed by atoms with Gasteiger partial charge in [0.05, 0.1) is 6.61 Å². The van der Waals surface area contributed by atoms with Gasteiger partial charge in [0.2, 0.25) is 0 Å². The molecule has 3 heteroatoms. The molecule has 1 saturated carbocycles. The van der Waals surface area contributed by atoms with Crippen LogP contribution in [-0.2, 0) is 6.42 Å². The number of ether oxygens (including phenoxy) is 1. The van der Waals surface area contributed by atoms with E-state index in [0.29, 0.717) is 0 Å². The molecule has 0 saturated heterocycles. The second-order valence-electron chi connectivity index (χ2n) is 10.4. The Morgan fingerprint density at radius 1 is 0.735 bits per heavy atom. The van der Waals surface area contributed by atoms with Gasteiger partial charge >= 0.3 is 0 Å². The molecule has 0 spiro atoms. The number of benzene rings is 1. The molecule has 188 valence electrons. The highest BCUT2D eigenvalue weighted by molar-refractivity contribution is 5.55. The summed E-state index contributed by atoms with van der Waals surface area (Å²) in [5.74, 6) is 3.62. The maximum Gasteiger partial charge on any atom is 0.159 e. The first-order chi connectivity index (χ1) is 16.8. The molecule has 0 radical (unpaired) electrons. The fourth-order valence-electron chi connectivity index (χ4n) is 5.24. The normalized spacial score (nSPS) is 18.2. The van der Waals surface area contributed by atoms with Crippen molar-refractivity contribution in [2.24, 2.45) is 11.8 Å². The number of nitrogens with zero attached hydrogens (tertiary/aromatic N) is 2. The molecule has 0 amide bonds. The number of unbranched alkanes of at least 4 members (excludes halogenated alkanes) is 8. The van der Waals surface area contributed by atoms with E-state index >= 15 is 0 Å². The standard InChI is InChI=1S/C31H48N2O/c1-3-5-6-7-8-9-10-11-12-23-34-30-21-19-29(20-22-30)31-32-24-28(25-33-31)18-17-27-15-13-26(4-2)14-16-27/h19-22,24-27H,3-18,23H2,1-2H3. The second kappa shape index (κ2) is 15.9. The van der Waals surface area contributed by atoms with Crippen LogP contribution in [0.25, 0.3) is 11.4 Å². The second-order valence-corrected chi connectivity index (χ2v) is 10.4. The van der Waals surface area contributed by atoms with Gasteiger partial charge in [-0.1, -0.05) is 97.3 Å². The fraction of sp³-hybridized carbons (Fsp3) is 0.677. The van der Waals surface area contributed by atoms with E-state index in [9.17, 15) is 0 Å². The van der Waals surface area contributed by atoms with Gasteiger partial charge in [0, 0.05) is 18.0 Å². The first-order valence-corrected chi connectivity index (χ1v) is 14.3. The minimum absolute atomic E-state index is 0.803. The number of aryl methyl sites for hydroxylation is 1. The quantitative estimate of drug-likeness (QED) is 0.232. The van der Waals surface area contributed by atoms with Crippen LogP contribution in [0.15, 0.2) is 36.7 Å². The van der Waals surface area contributed by atoms with Crippen LogP contribution in [0.4, 0.5) is 0 Å². The predicted octanol–water partition coefficient (Wildman–Crippen LogP) is 9.20. The lowest BCUT2D eigenvalue weighted by Gasteiger charge is -2.27. The summed E-state index contributed by atoms with van der Waals surface area (Å²) in [6.45, 7) is 5.42. The molecule has 2 aromatic rings. The van der Waals surface area contributed by atoms with E-state index in [0.717, 1.165) is 48.4 Å². The van der Waals surface area contributed by atoms with E-state index in [2.05, 4.69) is 35.9 Å². The van der Waals surface area contributed by atoms with Crippen molar-refractivity contribution in [2.45, 2.75) is 117 Å². The summed E-state index contributed by atoms with van der Waals surface area (Å²) in [7, 11) is 0. The minimum atomic E-state index is 0.803. The zero-order valence-electron chi connectivity index (χ0n) is 21.9. The molecule has 0 N–H and O–H groups in total. The highest BCUT2D eigenvalue weighted by Gasteiger charge is 2.19. The highest BCUT2D eigenvalue weighted by atomic mass is 16.5. The molecule has 1 aromatic heterocycles. The maximum absolute atomic E-state index is 5.94. The van der Waals surface area contributed by atoms with E-state index in [1.807, 2.05) is 24.5 Å². The summed E-state index contributed by atoms with van der Waals surface area (Å²) in [4.78, 5) is 9.29. The van der Waals surface area contributed by atoms with Gasteiger partial charge in [-0.3, -0.25) is 0 Å². The zero-order valence-corrected chi connectivity index (χ0v) is 21.9. The van der Waals surface area contributed by atoms with Crippen molar-refractivity contribution in [2.75, 3.05) is 6.61 Å². The summed E-state index contributed by atoms with van der Waals surface area (Å²) in [5, 5.41) is 0. The average molecular weight is 465 g/mol. The molecular weight excluding hydrogens is 416 g/mol. The molecule has 1 aliphatic rings. The first kappa shape index (κ1) is 26.7. The Labute approximate surface area is 209 Å². The molecule has 0 unspecified atom stereocenters. The van der Waals surface area contributed by atoms with Gasteiger partial charge in [-0.05, 0) is 60.9 Å². The number of hydrogen-bond acceptors (Lipinski definition) is 3. The van der Waals surface area contributed by atoms with E-state index in [1.54, 1.807) is 0 Å². The van der Waals surface area contributed by atoms with Crippen molar-refractivity contribution in [3.63, 3.8) is 0 Å². The third-order valence-corrected chi connectivity index (χ3v) is 7.72. The Morgan fingerprint density at radius 3 is 1.94 bits per heavy atom. The monoisotopic (exact) mass is 464 g/mol. The smallest absolute Gasteiger partial charge is 0.159 e. The third-order valence-electron chi connectivity index (χ3n) is 7.72. The van der Waals surface area contributed by atoms with Crippen LogP contribution in [0.2, 0.25) is 0 Å².